The van der Waals surface area contributed by atoms with Crippen molar-refractivity contribution in [1.29, 1.82) is 0 Å². The van der Waals surface area contributed by atoms with E-state index in [4.69, 9.17) is 0 Å². The summed E-state index contributed by atoms with van der Waals surface area (Å²) in [4.78, 5) is 28.3. The molecule has 35 heavy (non-hydrogen) atoms. The van der Waals surface area contributed by atoms with Gasteiger partial charge in [0.1, 0.15) is 0 Å². The van der Waals surface area contributed by atoms with Crippen LogP contribution in [0.2, 0.25) is 0 Å². The molecule has 0 aliphatic carbocycles. The van der Waals surface area contributed by atoms with Crippen LogP contribution in [-0.2, 0) is 0 Å². The molecule has 0 aliphatic rings. The Morgan fingerprint density at radius 3 is 2.74 bits per heavy atom. The molecule has 8 nitrogen and oxygen atoms in total. The van der Waals surface area contributed by atoms with Crippen LogP contribution in [-0.4, -0.2) is 31.8 Å². The van der Waals surface area contributed by atoms with E-state index >= 15 is 0 Å². The largest absolute Gasteiger partial charge is 0.382 e. The van der Waals surface area contributed by atoms with E-state index in [0.717, 1.165) is 22.5 Å². The maximum Gasteiger partial charge on any atom is 0.269 e. The number of non-ortho nitro benzene ring substituents is 1. The predicted molar refractivity (Wildman–Crippen MR) is 137 cm³/mol. The molecule has 0 atom stereocenters. The molecule has 3 aromatic heterocycles. The Kier molecular flexibility index (Phi) is 6.15. The van der Waals surface area contributed by atoms with Crippen LogP contribution in [0.5, 0.6) is 0 Å². The third-order valence-electron chi connectivity index (χ3n) is 5.39. The van der Waals surface area contributed by atoms with Crippen molar-refractivity contribution in [1.82, 2.24) is 14.6 Å². The van der Waals surface area contributed by atoms with Gasteiger partial charge in [0.2, 0.25) is 5.78 Å². The van der Waals surface area contributed by atoms with Gasteiger partial charge in [-0.2, -0.15) is 5.10 Å². The fourth-order valence-corrected chi connectivity index (χ4v) is 4.36. The third-order valence-corrected chi connectivity index (χ3v) is 6.26. The van der Waals surface area contributed by atoms with E-state index < -0.39 is 4.92 Å². The number of carbonyl (C=O) groups excluding carboxylic acids is 1. The van der Waals surface area contributed by atoms with Crippen molar-refractivity contribution < 1.29 is 9.72 Å². The van der Waals surface area contributed by atoms with E-state index in [-0.39, 0.29) is 11.5 Å². The van der Waals surface area contributed by atoms with Crippen molar-refractivity contribution in [3.8, 4) is 11.3 Å². The minimum Gasteiger partial charge on any atom is -0.382 e. The van der Waals surface area contributed by atoms with Gasteiger partial charge in [0.15, 0.2) is 5.65 Å². The van der Waals surface area contributed by atoms with Crippen LogP contribution < -0.4 is 5.32 Å². The highest BCUT2D eigenvalue weighted by Gasteiger charge is 2.18. The first-order valence-corrected chi connectivity index (χ1v) is 11.6. The standard InChI is InChI=1S/C26H19N5O3S/c32-25(24-7-3-15-35-24)22-17-29-30-23(12-14-28-26(22)30)19-5-1-6-20(16-19)27-13-2-4-18-8-10-21(11-9-18)31(33)34/h1-12,14-17,27H,13H2. The van der Waals surface area contributed by atoms with E-state index in [2.05, 4.69) is 15.4 Å². The monoisotopic (exact) mass is 481 g/mol. The molecule has 9 heteroatoms. The lowest BCUT2D eigenvalue weighted by Gasteiger charge is -2.08. The van der Waals surface area contributed by atoms with Crippen LogP contribution >= 0.6 is 11.3 Å². The highest BCUT2D eigenvalue weighted by Crippen LogP contribution is 2.25. The van der Waals surface area contributed by atoms with E-state index in [1.807, 2.05) is 53.9 Å². The van der Waals surface area contributed by atoms with Crippen LogP contribution in [0.15, 0.2) is 90.6 Å². The molecule has 1 N–H and O–H groups in total. The molecule has 0 spiro atoms. The zero-order valence-electron chi connectivity index (χ0n) is 18.4. The Labute approximate surface area is 204 Å². The Balaban J connectivity index is 1.33. The molecule has 172 valence electrons. The van der Waals surface area contributed by atoms with Crippen LogP contribution in [0.25, 0.3) is 23.0 Å². The number of aromatic nitrogens is 3. The van der Waals surface area contributed by atoms with Gasteiger partial charge >= 0.3 is 0 Å². The Bertz CT molecular complexity index is 1540. The molecule has 0 saturated heterocycles. The van der Waals surface area contributed by atoms with Crippen molar-refractivity contribution >= 4 is 40.2 Å². The summed E-state index contributed by atoms with van der Waals surface area (Å²) >= 11 is 1.39. The number of carbonyl (C=O) groups is 1. The van der Waals surface area contributed by atoms with Crippen molar-refractivity contribution in [2.24, 2.45) is 0 Å². The van der Waals surface area contributed by atoms with E-state index in [1.54, 1.807) is 35.1 Å². The summed E-state index contributed by atoms with van der Waals surface area (Å²) in [5.74, 6) is -0.0881. The van der Waals surface area contributed by atoms with Crippen molar-refractivity contribution in [2.75, 3.05) is 11.9 Å². The first-order valence-electron chi connectivity index (χ1n) is 10.8. The number of hydrogen-bond donors (Lipinski definition) is 1. The second kappa shape index (κ2) is 9.70. The number of benzene rings is 2. The SMILES string of the molecule is O=C(c1cccs1)c1cnn2c(-c3cccc(NCC=Cc4ccc([N+](=O)[O-])cc4)c3)ccnc12. The van der Waals surface area contributed by atoms with Gasteiger partial charge in [-0.3, -0.25) is 14.9 Å². The predicted octanol–water partition coefficient (Wildman–Crippen LogP) is 5.72. The molecule has 0 unspecified atom stereocenters. The van der Waals surface area contributed by atoms with E-state index in [0.29, 0.717) is 22.6 Å². The van der Waals surface area contributed by atoms with Crippen LogP contribution in [0.3, 0.4) is 0 Å². The van der Waals surface area contributed by atoms with Gasteiger partial charge in [0, 0.05) is 36.1 Å². The van der Waals surface area contributed by atoms with Crippen molar-refractivity contribution in [3.05, 3.63) is 117 Å². The number of thiophene rings is 1. The Morgan fingerprint density at radius 1 is 1.11 bits per heavy atom. The molecule has 0 radical (unpaired) electrons. The van der Waals surface area contributed by atoms with Crippen LogP contribution in [0.4, 0.5) is 11.4 Å². The molecule has 0 bridgehead atoms. The number of nitro benzene ring substituents is 1. The van der Waals surface area contributed by atoms with Gasteiger partial charge in [-0.1, -0.05) is 30.4 Å². The van der Waals surface area contributed by atoms with Crippen LogP contribution in [0, 0.1) is 10.1 Å². The number of nitrogens with zero attached hydrogens (tertiary/aromatic N) is 4. The summed E-state index contributed by atoms with van der Waals surface area (Å²) in [5.41, 5.74) is 4.62. The number of fused-ring (bicyclic) bond motifs is 1. The number of rotatable bonds is 8. The fourth-order valence-electron chi connectivity index (χ4n) is 3.68. The lowest BCUT2D eigenvalue weighted by Crippen LogP contribution is -2.01. The molecule has 0 aliphatic heterocycles. The first-order chi connectivity index (χ1) is 17.1. The van der Waals surface area contributed by atoms with Gasteiger partial charge in [-0.25, -0.2) is 9.50 Å². The number of ketones is 1. The summed E-state index contributed by atoms with van der Waals surface area (Å²) in [6, 6.07) is 19.8. The van der Waals surface area contributed by atoms with Crippen molar-refractivity contribution in [2.45, 2.75) is 0 Å². The summed E-state index contributed by atoms with van der Waals surface area (Å²) in [7, 11) is 0. The van der Waals surface area contributed by atoms with Gasteiger partial charge in [0.05, 0.1) is 27.3 Å². The smallest absolute Gasteiger partial charge is 0.269 e. The van der Waals surface area contributed by atoms with Gasteiger partial charge in [0.25, 0.3) is 5.69 Å². The maximum atomic E-state index is 12.9. The highest BCUT2D eigenvalue weighted by atomic mass is 32.1. The molecule has 5 aromatic rings. The second-order valence-electron chi connectivity index (χ2n) is 7.64. The Hall–Kier alpha value is -4.63. The van der Waals surface area contributed by atoms with Gasteiger partial charge < -0.3 is 5.32 Å². The van der Waals surface area contributed by atoms with Gasteiger partial charge in [-0.05, 0) is 47.3 Å². The summed E-state index contributed by atoms with van der Waals surface area (Å²) in [5, 5.41) is 20.4. The fraction of sp³-hybridized carbons (Fsp3) is 0.0385. The molecular weight excluding hydrogens is 462 g/mol. The van der Waals surface area contributed by atoms with Crippen molar-refractivity contribution in [3.63, 3.8) is 0 Å². The number of anilines is 1. The minimum atomic E-state index is -0.412. The van der Waals surface area contributed by atoms with Crippen LogP contribution in [0.1, 0.15) is 20.8 Å². The second-order valence-corrected chi connectivity index (χ2v) is 8.59. The molecule has 5 rings (SSSR count). The van der Waals surface area contributed by atoms with Gasteiger partial charge in [-0.15, -0.1) is 11.3 Å². The topological polar surface area (TPSA) is 102 Å². The quantitative estimate of drug-likeness (QED) is 0.173. The highest BCUT2D eigenvalue weighted by molar-refractivity contribution is 7.12. The zero-order chi connectivity index (χ0) is 24.2. The normalized spacial score (nSPS) is 11.2. The zero-order valence-corrected chi connectivity index (χ0v) is 19.2. The molecular formula is C26H19N5O3S. The third kappa shape index (κ3) is 4.71. The number of hydrogen-bond acceptors (Lipinski definition) is 7. The average Bonchev–Trinajstić information content (AvgIpc) is 3.57. The van der Waals surface area contributed by atoms with E-state index in [1.165, 1.54) is 23.5 Å². The maximum absolute atomic E-state index is 12.9. The minimum absolute atomic E-state index is 0.0718. The molecule has 3 heterocycles. The van der Waals surface area contributed by atoms with E-state index in [9.17, 15) is 14.9 Å². The number of nitrogens with one attached hydrogen (secondary N) is 1. The summed E-state index contributed by atoms with van der Waals surface area (Å²) < 4.78 is 1.69. The first kappa shape index (κ1) is 22.2. The molecule has 0 saturated carbocycles. The lowest BCUT2D eigenvalue weighted by molar-refractivity contribution is -0.384. The summed E-state index contributed by atoms with van der Waals surface area (Å²) in [6.07, 6.45) is 7.11. The lowest BCUT2D eigenvalue weighted by atomic mass is 10.1. The molecule has 0 amide bonds. The number of nitro groups is 1. The summed E-state index contributed by atoms with van der Waals surface area (Å²) in [6.45, 7) is 0.577. The molecule has 0 fully saturated rings. The molecule has 2 aromatic carbocycles. The average molecular weight is 482 g/mol. The Morgan fingerprint density at radius 2 is 1.97 bits per heavy atom.